The first kappa shape index (κ1) is 19.9. The molecule has 1 unspecified atom stereocenters. The smallest absolute Gasteiger partial charge is 0.250 e. The highest BCUT2D eigenvalue weighted by atomic mass is 35.5. The molecule has 5 nitrogen and oxygen atoms in total. The van der Waals surface area contributed by atoms with E-state index in [1.165, 1.54) is 7.11 Å². The largest absolute Gasteiger partial charge is 0.370 e. The summed E-state index contributed by atoms with van der Waals surface area (Å²) in [7, 11) is 1.47. The van der Waals surface area contributed by atoms with Crippen LogP contribution in [0.3, 0.4) is 0 Å². The van der Waals surface area contributed by atoms with E-state index in [9.17, 15) is 4.79 Å². The second-order valence-electron chi connectivity index (χ2n) is 3.36. The summed E-state index contributed by atoms with van der Waals surface area (Å²) in [4.78, 5) is 15.8. The van der Waals surface area contributed by atoms with E-state index >= 15 is 0 Å². The Balaban J connectivity index is 0. The maximum atomic E-state index is 11.5. The lowest BCUT2D eigenvalue weighted by Crippen LogP contribution is -2.41. The molecule has 0 saturated heterocycles. The summed E-state index contributed by atoms with van der Waals surface area (Å²) < 4.78 is 4.92. The molecule has 1 heterocycles. The fourth-order valence-corrected chi connectivity index (χ4v) is 1.91. The number of nitrogens with one attached hydrogen (secondary N) is 1. The van der Waals surface area contributed by atoms with Gasteiger partial charge in [-0.25, -0.2) is 4.98 Å². The first-order valence-electron chi connectivity index (χ1n) is 5.09. The molecule has 1 rings (SSSR count). The number of nitrogens with zero attached hydrogens (tertiary/aromatic N) is 1. The number of halogens is 2. The van der Waals surface area contributed by atoms with Crippen LogP contribution in [0.2, 0.25) is 0 Å². The molecule has 0 bridgehead atoms. The van der Waals surface area contributed by atoms with Crippen LogP contribution in [-0.2, 0) is 16.0 Å². The number of thiazole rings is 1. The van der Waals surface area contributed by atoms with Crippen LogP contribution in [-0.4, -0.2) is 37.2 Å². The number of ether oxygens (including phenoxy) is 1. The molecule has 0 aromatic carbocycles. The minimum Gasteiger partial charge on any atom is -0.370 e. The monoisotopic (exact) mass is 315 g/mol. The zero-order valence-electron chi connectivity index (χ0n) is 10.3. The van der Waals surface area contributed by atoms with E-state index in [0.29, 0.717) is 6.54 Å². The van der Waals surface area contributed by atoms with Crippen molar-refractivity contribution in [2.75, 3.05) is 20.2 Å². The number of carbonyl (C=O) groups excluding carboxylic acids is 1. The molecule has 18 heavy (non-hydrogen) atoms. The second-order valence-corrected chi connectivity index (χ2v) is 4.42. The second kappa shape index (κ2) is 10.5. The minimum atomic E-state index is -0.558. The first-order valence-corrected chi connectivity index (χ1v) is 5.97. The summed E-state index contributed by atoms with van der Waals surface area (Å²) in [6.07, 6.45) is 0.175. The molecule has 1 atom stereocenters. The first-order chi connectivity index (χ1) is 7.67. The highest BCUT2D eigenvalue weighted by molar-refractivity contribution is 7.09. The SMILES string of the molecule is COC(CN)C(=O)NCCc1csc(C)n1.Cl.Cl. The van der Waals surface area contributed by atoms with Crippen molar-refractivity contribution in [2.45, 2.75) is 19.4 Å². The zero-order valence-corrected chi connectivity index (χ0v) is 12.8. The van der Waals surface area contributed by atoms with Crippen LogP contribution in [0, 0.1) is 6.92 Å². The van der Waals surface area contributed by atoms with Gasteiger partial charge in [0.1, 0.15) is 6.10 Å². The van der Waals surface area contributed by atoms with Gasteiger partial charge in [0.2, 0.25) is 5.91 Å². The number of rotatable bonds is 6. The van der Waals surface area contributed by atoms with Crippen LogP contribution in [0.4, 0.5) is 0 Å². The number of methoxy groups -OCH3 is 1. The molecule has 8 heteroatoms. The number of aromatic nitrogens is 1. The van der Waals surface area contributed by atoms with Crippen molar-refractivity contribution in [1.82, 2.24) is 10.3 Å². The van der Waals surface area contributed by atoms with Gasteiger partial charge in [0.05, 0.1) is 10.7 Å². The summed E-state index contributed by atoms with van der Waals surface area (Å²) in [5.41, 5.74) is 6.38. The lowest BCUT2D eigenvalue weighted by atomic mass is 10.3. The maximum absolute atomic E-state index is 11.5. The number of carbonyl (C=O) groups is 1. The van der Waals surface area contributed by atoms with E-state index in [-0.39, 0.29) is 37.3 Å². The van der Waals surface area contributed by atoms with Gasteiger partial charge in [-0.2, -0.15) is 0 Å². The Morgan fingerprint density at radius 2 is 2.28 bits per heavy atom. The van der Waals surface area contributed by atoms with E-state index in [0.717, 1.165) is 17.1 Å². The van der Waals surface area contributed by atoms with Crippen molar-refractivity contribution in [1.29, 1.82) is 0 Å². The van der Waals surface area contributed by atoms with Crippen molar-refractivity contribution < 1.29 is 9.53 Å². The average molecular weight is 316 g/mol. The van der Waals surface area contributed by atoms with Gasteiger partial charge < -0.3 is 15.8 Å². The van der Waals surface area contributed by atoms with Crippen LogP contribution < -0.4 is 11.1 Å². The quantitative estimate of drug-likeness (QED) is 0.818. The van der Waals surface area contributed by atoms with Gasteiger partial charge in [0.25, 0.3) is 0 Å². The van der Waals surface area contributed by atoms with Gasteiger partial charge in [-0.3, -0.25) is 4.79 Å². The number of aryl methyl sites for hydroxylation is 1. The number of hydrogen-bond acceptors (Lipinski definition) is 5. The molecule has 0 aliphatic heterocycles. The summed E-state index contributed by atoms with van der Waals surface area (Å²) in [6.45, 7) is 2.71. The van der Waals surface area contributed by atoms with Gasteiger partial charge in [-0.15, -0.1) is 36.2 Å². The summed E-state index contributed by atoms with van der Waals surface area (Å²) in [5.74, 6) is -0.169. The molecule has 0 aliphatic rings. The van der Waals surface area contributed by atoms with Crippen LogP contribution >= 0.6 is 36.2 Å². The van der Waals surface area contributed by atoms with Gasteiger partial charge in [0, 0.05) is 32.0 Å². The third kappa shape index (κ3) is 6.51. The third-order valence-corrected chi connectivity index (χ3v) is 2.96. The van der Waals surface area contributed by atoms with Crippen molar-refractivity contribution in [3.05, 3.63) is 16.1 Å². The van der Waals surface area contributed by atoms with E-state index in [1.54, 1.807) is 11.3 Å². The van der Waals surface area contributed by atoms with Crippen LogP contribution in [0.15, 0.2) is 5.38 Å². The molecule has 0 spiro atoms. The van der Waals surface area contributed by atoms with E-state index < -0.39 is 6.10 Å². The summed E-state index contributed by atoms with van der Waals surface area (Å²) in [5, 5.41) is 5.80. The molecule has 106 valence electrons. The van der Waals surface area contributed by atoms with Crippen molar-refractivity contribution in [2.24, 2.45) is 5.73 Å². The Morgan fingerprint density at radius 1 is 1.61 bits per heavy atom. The average Bonchev–Trinajstić information content (AvgIpc) is 2.66. The zero-order chi connectivity index (χ0) is 12.0. The molecule has 0 aliphatic carbocycles. The van der Waals surface area contributed by atoms with E-state index in [1.807, 2.05) is 12.3 Å². The Hall–Kier alpha value is -0.400. The lowest BCUT2D eigenvalue weighted by Gasteiger charge is -2.12. The van der Waals surface area contributed by atoms with Crippen LogP contribution in [0.25, 0.3) is 0 Å². The van der Waals surface area contributed by atoms with Gasteiger partial charge in [-0.1, -0.05) is 0 Å². The fourth-order valence-electron chi connectivity index (χ4n) is 1.26. The number of nitrogens with two attached hydrogens (primary N) is 1. The molecule has 0 fully saturated rings. The van der Waals surface area contributed by atoms with Crippen molar-refractivity contribution >= 4 is 42.1 Å². The Kier molecular flexibility index (Phi) is 11.6. The lowest BCUT2D eigenvalue weighted by molar-refractivity contribution is -0.130. The molecule has 0 radical (unpaired) electrons. The summed E-state index contributed by atoms with van der Waals surface area (Å²) in [6, 6.07) is 0. The predicted octanol–water partition coefficient (Wildman–Crippen LogP) is 0.928. The summed E-state index contributed by atoms with van der Waals surface area (Å²) >= 11 is 1.61. The van der Waals surface area contributed by atoms with Crippen LogP contribution in [0.5, 0.6) is 0 Å². The van der Waals surface area contributed by atoms with Gasteiger partial charge in [0.15, 0.2) is 0 Å². The third-order valence-electron chi connectivity index (χ3n) is 2.14. The molecular weight excluding hydrogens is 297 g/mol. The van der Waals surface area contributed by atoms with E-state index in [4.69, 9.17) is 10.5 Å². The number of amides is 1. The topological polar surface area (TPSA) is 77.2 Å². The van der Waals surface area contributed by atoms with Crippen molar-refractivity contribution in [3.8, 4) is 0 Å². The fraction of sp³-hybridized carbons (Fsp3) is 0.600. The molecule has 1 aromatic rings. The highest BCUT2D eigenvalue weighted by Gasteiger charge is 2.14. The molecule has 0 saturated carbocycles. The molecule has 3 N–H and O–H groups in total. The maximum Gasteiger partial charge on any atom is 0.250 e. The predicted molar refractivity (Wildman–Crippen MR) is 77.9 cm³/mol. The van der Waals surface area contributed by atoms with Crippen molar-refractivity contribution in [3.63, 3.8) is 0 Å². The normalized spacial score (nSPS) is 11.1. The molecule has 1 aromatic heterocycles. The molecule has 1 amide bonds. The standard InChI is InChI=1S/C10H17N3O2S.2ClH/c1-7-13-8(6-16-7)3-4-12-10(14)9(5-11)15-2;;/h6,9H,3-5,11H2,1-2H3,(H,12,14);2*1H. The Morgan fingerprint density at radius 3 is 2.72 bits per heavy atom. The van der Waals surface area contributed by atoms with Gasteiger partial charge >= 0.3 is 0 Å². The van der Waals surface area contributed by atoms with E-state index in [2.05, 4.69) is 10.3 Å². The van der Waals surface area contributed by atoms with Crippen LogP contribution in [0.1, 0.15) is 10.7 Å². The highest BCUT2D eigenvalue weighted by Crippen LogP contribution is 2.07. The van der Waals surface area contributed by atoms with Gasteiger partial charge in [-0.05, 0) is 6.92 Å². The number of hydrogen-bond donors (Lipinski definition) is 2. The Labute approximate surface area is 123 Å². The Bertz CT molecular complexity index is 346. The molecular formula is C10H19Cl2N3O2S. The minimum absolute atomic E-state index is 0.